The number of carbonyl (C=O) groups excluding carboxylic acids is 1. The summed E-state index contributed by atoms with van der Waals surface area (Å²) in [6.45, 7) is 6.01. The number of urea groups is 1. The van der Waals surface area contributed by atoms with Crippen molar-refractivity contribution in [2.45, 2.75) is 37.8 Å². The van der Waals surface area contributed by atoms with Gasteiger partial charge in [0.05, 0.1) is 11.6 Å². The standard InChI is InChI=1S/C17H29N5O2/c1-4-21-10-11-22(12-14(21)15-18-8-9-20(15)2)16(23)19-13-17(24-3)6-5-7-17/h8-9,14H,4-7,10-13H2,1-3H3,(H,19,23). The number of likely N-dealkylation sites (N-methyl/N-ethyl adjacent to an activating group) is 1. The van der Waals surface area contributed by atoms with Crippen LogP contribution in [0.2, 0.25) is 0 Å². The predicted octanol–water partition coefficient (Wildman–Crippen LogP) is 1.38. The van der Waals surface area contributed by atoms with E-state index in [1.54, 1.807) is 7.11 Å². The molecule has 24 heavy (non-hydrogen) atoms. The molecule has 0 aromatic carbocycles. The zero-order chi connectivity index (χ0) is 17.2. The van der Waals surface area contributed by atoms with Gasteiger partial charge < -0.3 is 19.5 Å². The van der Waals surface area contributed by atoms with E-state index in [9.17, 15) is 4.79 Å². The van der Waals surface area contributed by atoms with Gasteiger partial charge in [0.15, 0.2) is 0 Å². The number of nitrogens with one attached hydrogen (secondary N) is 1. The lowest BCUT2D eigenvalue weighted by Crippen LogP contribution is -2.56. The zero-order valence-corrected chi connectivity index (χ0v) is 15.0. The summed E-state index contributed by atoms with van der Waals surface area (Å²) in [5.41, 5.74) is -0.139. The van der Waals surface area contributed by atoms with Crippen LogP contribution in [0.4, 0.5) is 4.79 Å². The Hall–Kier alpha value is -1.60. The third-order valence-electron chi connectivity index (χ3n) is 5.60. The summed E-state index contributed by atoms with van der Waals surface area (Å²) in [6, 6.07) is 0.155. The lowest BCUT2D eigenvalue weighted by atomic mass is 9.80. The number of hydrogen-bond donors (Lipinski definition) is 1. The number of aromatic nitrogens is 2. The minimum Gasteiger partial charge on any atom is -0.376 e. The van der Waals surface area contributed by atoms with Crippen LogP contribution in [0.3, 0.4) is 0 Å². The first-order chi connectivity index (χ1) is 11.6. The van der Waals surface area contributed by atoms with E-state index < -0.39 is 0 Å². The van der Waals surface area contributed by atoms with Crippen LogP contribution < -0.4 is 5.32 Å². The van der Waals surface area contributed by atoms with E-state index in [0.29, 0.717) is 13.1 Å². The van der Waals surface area contributed by atoms with Gasteiger partial charge in [0.1, 0.15) is 5.82 Å². The summed E-state index contributed by atoms with van der Waals surface area (Å²) < 4.78 is 7.63. The van der Waals surface area contributed by atoms with E-state index in [2.05, 4.69) is 22.1 Å². The van der Waals surface area contributed by atoms with Crippen LogP contribution in [0.25, 0.3) is 0 Å². The fraction of sp³-hybridized carbons (Fsp3) is 0.765. The van der Waals surface area contributed by atoms with Crippen LogP contribution in [-0.4, -0.2) is 70.8 Å². The van der Waals surface area contributed by atoms with Crippen LogP contribution in [0, 0.1) is 0 Å². The lowest BCUT2D eigenvalue weighted by Gasteiger charge is -2.43. The maximum atomic E-state index is 12.6. The number of carbonyl (C=O) groups is 1. The molecule has 1 atom stereocenters. The van der Waals surface area contributed by atoms with E-state index in [-0.39, 0.29) is 17.7 Å². The van der Waals surface area contributed by atoms with Gasteiger partial charge in [-0.2, -0.15) is 0 Å². The Balaban J connectivity index is 1.62. The second-order valence-electron chi connectivity index (χ2n) is 6.89. The Labute approximate surface area is 144 Å². The molecule has 1 saturated heterocycles. The molecule has 1 N–H and O–H groups in total. The number of nitrogens with zero attached hydrogens (tertiary/aromatic N) is 4. The Morgan fingerprint density at radius 2 is 2.25 bits per heavy atom. The van der Waals surface area contributed by atoms with Crippen molar-refractivity contribution < 1.29 is 9.53 Å². The number of methoxy groups -OCH3 is 1. The van der Waals surface area contributed by atoms with Crippen molar-refractivity contribution >= 4 is 6.03 Å². The third-order valence-corrected chi connectivity index (χ3v) is 5.60. The molecule has 2 aliphatic rings. The Bertz CT molecular complexity index is 564. The van der Waals surface area contributed by atoms with Crippen molar-refractivity contribution in [1.82, 2.24) is 24.7 Å². The molecule has 0 bridgehead atoms. The molecule has 1 aliphatic heterocycles. The highest BCUT2D eigenvalue weighted by atomic mass is 16.5. The Morgan fingerprint density at radius 1 is 1.46 bits per heavy atom. The normalized spacial score (nSPS) is 23.8. The first-order valence-electron chi connectivity index (χ1n) is 8.88. The molecule has 134 valence electrons. The van der Waals surface area contributed by atoms with Crippen molar-refractivity contribution in [2.75, 3.05) is 39.8 Å². The van der Waals surface area contributed by atoms with Crippen molar-refractivity contribution in [3.05, 3.63) is 18.2 Å². The number of imidazole rings is 1. The van der Waals surface area contributed by atoms with Gasteiger partial charge >= 0.3 is 6.03 Å². The molecule has 0 spiro atoms. The van der Waals surface area contributed by atoms with Gasteiger partial charge in [0.25, 0.3) is 0 Å². The fourth-order valence-corrected chi connectivity index (χ4v) is 3.70. The largest absolute Gasteiger partial charge is 0.376 e. The molecule has 7 nitrogen and oxygen atoms in total. The van der Waals surface area contributed by atoms with Crippen LogP contribution in [-0.2, 0) is 11.8 Å². The minimum atomic E-state index is -0.139. The SMILES string of the molecule is CCN1CCN(C(=O)NCC2(OC)CCC2)CC1c1nccn1C. The van der Waals surface area contributed by atoms with Gasteiger partial charge in [-0.15, -0.1) is 0 Å². The molecule has 3 rings (SSSR count). The first-order valence-corrected chi connectivity index (χ1v) is 8.88. The highest BCUT2D eigenvalue weighted by molar-refractivity contribution is 5.74. The summed E-state index contributed by atoms with van der Waals surface area (Å²) >= 11 is 0. The summed E-state index contributed by atoms with van der Waals surface area (Å²) in [5, 5.41) is 3.08. The average molecular weight is 335 g/mol. The van der Waals surface area contributed by atoms with Gasteiger partial charge in [-0.3, -0.25) is 4.90 Å². The molecule has 2 fully saturated rings. The number of amides is 2. The number of ether oxygens (including phenoxy) is 1. The monoisotopic (exact) mass is 335 g/mol. The van der Waals surface area contributed by atoms with Gasteiger partial charge in [-0.05, 0) is 25.8 Å². The maximum Gasteiger partial charge on any atom is 0.317 e. The second-order valence-corrected chi connectivity index (χ2v) is 6.89. The van der Waals surface area contributed by atoms with E-state index in [1.165, 1.54) is 6.42 Å². The zero-order valence-electron chi connectivity index (χ0n) is 15.0. The quantitative estimate of drug-likeness (QED) is 0.883. The molecule has 2 heterocycles. The fourth-order valence-electron chi connectivity index (χ4n) is 3.70. The molecule has 1 saturated carbocycles. The molecule has 7 heteroatoms. The number of hydrogen-bond acceptors (Lipinski definition) is 4. The van der Waals surface area contributed by atoms with Gasteiger partial charge in [-0.1, -0.05) is 6.92 Å². The highest BCUT2D eigenvalue weighted by Gasteiger charge is 2.38. The smallest absolute Gasteiger partial charge is 0.317 e. The van der Waals surface area contributed by atoms with Crippen LogP contribution in [0.1, 0.15) is 38.1 Å². The van der Waals surface area contributed by atoms with Crippen molar-refractivity contribution in [1.29, 1.82) is 0 Å². The molecule has 1 aliphatic carbocycles. The molecule has 2 amide bonds. The molecular formula is C17H29N5O2. The maximum absolute atomic E-state index is 12.6. The highest BCUT2D eigenvalue weighted by Crippen LogP contribution is 2.34. The van der Waals surface area contributed by atoms with E-state index in [0.717, 1.165) is 38.3 Å². The van der Waals surface area contributed by atoms with Crippen LogP contribution in [0.5, 0.6) is 0 Å². The van der Waals surface area contributed by atoms with Gasteiger partial charge in [-0.25, -0.2) is 9.78 Å². The lowest BCUT2D eigenvalue weighted by molar-refractivity contribution is -0.0681. The van der Waals surface area contributed by atoms with Crippen molar-refractivity contribution in [3.63, 3.8) is 0 Å². The topological polar surface area (TPSA) is 62.6 Å². The van der Waals surface area contributed by atoms with Crippen molar-refractivity contribution in [3.8, 4) is 0 Å². The summed E-state index contributed by atoms with van der Waals surface area (Å²) in [7, 11) is 3.75. The van der Waals surface area contributed by atoms with E-state index in [1.807, 2.05) is 28.9 Å². The molecule has 0 radical (unpaired) electrons. The third kappa shape index (κ3) is 3.28. The molecule has 1 unspecified atom stereocenters. The summed E-state index contributed by atoms with van der Waals surface area (Å²) in [6.07, 6.45) is 7.02. The van der Waals surface area contributed by atoms with Crippen molar-refractivity contribution in [2.24, 2.45) is 7.05 Å². The number of piperazine rings is 1. The van der Waals surface area contributed by atoms with Crippen LogP contribution in [0.15, 0.2) is 12.4 Å². The molecule has 1 aromatic heterocycles. The average Bonchev–Trinajstić information content (AvgIpc) is 2.99. The Kier molecular flexibility index (Phi) is 5.10. The Morgan fingerprint density at radius 3 is 2.79 bits per heavy atom. The molecular weight excluding hydrogens is 306 g/mol. The second kappa shape index (κ2) is 7.11. The van der Waals surface area contributed by atoms with Gasteiger partial charge in [0.2, 0.25) is 0 Å². The minimum absolute atomic E-state index is 0.00767. The van der Waals surface area contributed by atoms with E-state index >= 15 is 0 Å². The van der Waals surface area contributed by atoms with Crippen LogP contribution >= 0.6 is 0 Å². The molecule has 1 aromatic rings. The predicted molar refractivity (Wildman–Crippen MR) is 91.8 cm³/mol. The van der Waals surface area contributed by atoms with Gasteiger partial charge in [0, 0.05) is 52.7 Å². The summed E-state index contributed by atoms with van der Waals surface area (Å²) in [4.78, 5) is 21.4. The number of rotatable bonds is 5. The number of aryl methyl sites for hydroxylation is 1. The van der Waals surface area contributed by atoms with E-state index in [4.69, 9.17) is 4.74 Å². The first kappa shape index (κ1) is 17.2. The summed E-state index contributed by atoms with van der Waals surface area (Å²) in [5.74, 6) is 1.02.